The number of carboxylic acids is 1. The maximum Gasteiger partial charge on any atom is 0.332 e. The van der Waals surface area contributed by atoms with Crippen LogP contribution in [0.2, 0.25) is 0 Å². The van der Waals surface area contributed by atoms with E-state index < -0.39 is 12.1 Å². The van der Waals surface area contributed by atoms with Crippen LogP contribution in [0.1, 0.15) is 19.3 Å². The number of aliphatic hydroxyl groups is 1. The third-order valence-electron chi connectivity index (χ3n) is 3.70. The number of aliphatic hydroxyl groups excluding tert-OH is 1. The van der Waals surface area contributed by atoms with Gasteiger partial charge in [0.05, 0.1) is 0 Å². The highest BCUT2D eigenvalue weighted by Crippen LogP contribution is 2.16. The van der Waals surface area contributed by atoms with Gasteiger partial charge in [-0.15, -0.1) is 0 Å². The van der Waals surface area contributed by atoms with Crippen LogP contribution in [0, 0.1) is 5.92 Å². The van der Waals surface area contributed by atoms with Gasteiger partial charge < -0.3 is 25.3 Å². The van der Waals surface area contributed by atoms with Gasteiger partial charge in [0.25, 0.3) is 0 Å². The summed E-state index contributed by atoms with van der Waals surface area (Å²) in [4.78, 5) is 26.1. The van der Waals surface area contributed by atoms with E-state index in [-0.39, 0.29) is 19.0 Å². The summed E-state index contributed by atoms with van der Waals surface area (Å²) < 4.78 is 0. The average Bonchev–Trinajstić information content (AvgIpc) is 2.40. The van der Waals surface area contributed by atoms with Crippen molar-refractivity contribution in [2.75, 3.05) is 40.3 Å². The fraction of sp³-hybridized carbons (Fsp3) is 0.846. The van der Waals surface area contributed by atoms with E-state index in [1.807, 2.05) is 0 Å². The Bertz CT molecular complexity index is 330. The highest BCUT2D eigenvalue weighted by atomic mass is 16.4. The number of nitrogens with zero attached hydrogens (tertiary/aromatic N) is 2. The van der Waals surface area contributed by atoms with Gasteiger partial charge in [0.1, 0.15) is 0 Å². The van der Waals surface area contributed by atoms with E-state index in [1.54, 1.807) is 11.9 Å². The minimum Gasteiger partial charge on any atom is -0.479 e. The molecule has 1 aliphatic heterocycles. The standard InChI is InChI=1S/C13H25N3O4/c1-15-7-4-10(5-8-15)9-16(2)13(20)14-6-3-11(17)12(18)19/h10-11,17H,3-9H2,1-2H3,(H,14,20)(H,18,19). The normalized spacial score (nSPS) is 18.6. The zero-order valence-electron chi connectivity index (χ0n) is 12.2. The molecule has 1 unspecified atom stereocenters. The Morgan fingerprint density at radius 1 is 1.40 bits per heavy atom. The van der Waals surface area contributed by atoms with Crippen molar-refractivity contribution in [1.82, 2.24) is 15.1 Å². The van der Waals surface area contributed by atoms with Crippen LogP contribution in [0.4, 0.5) is 4.79 Å². The van der Waals surface area contributed by atoms with Crippen LogP contribution in [0.25, 0.3) is 0 Å². The lowest BCUT2D eigenvalue weighted by Gasteiger charge is -2.31. The molecule has 1 atom stereocenters. The van der Waals surface area contributed by atoms with Crippen LogP contribution in [0.15, 0.2) is 0 Å². The molecule has 0 aromatic rings. The fourth-order valence-corrected chi connectivity index (χ4v) is 2.29. The minimum absolute atomic E-state index is 0.0170. The molecule has 116 valence electrons. The highest BCUT2D eigenvalue weighted by molar-refractivity contribution is 5.74. The van der Waals surface area contributed by atoms with Crippen molar-refractivity contribution in [3.05, 3.63) is 0 Å². The van der Waals surface area contributed by atoms with Crippen molar-refractivity contribution in [1.29, 1.82) is 0 Å². The number of aliphatic carboxylic acids is 1. The first-order valence-corrected chi connectivity index (χ1v) is 6.98. The number of carbonyl (C=O) groups is 2. The molecule has 7 nitrogen and oxygen atoms in total. The molecule has 2 amide bonds. The molecule has 0 spiro atoms. The number of carbonyl (C=O) groups excluding carboxylic acids is 1. The molecule has 1 heterocycles. The van der Waals surface area contributed by atoms with Crippen molar-refractivity contribution in [2.24, 2.45) is 5.92 Å². The van der Waals surface area contributed by atoms with E-state index in [0.717, 1.165) is 25.9 Å². The number of piperidine rings is 1. The minimum atomic E-state index is -1.42. The summed E-state index contributed by atoms with van der Waals surface area (Å²) in [7, 11) is 3.83. The summed E-state index contributed by atoms with van der Waals surface area (Å²) in [6, 6.07) is -0.221. The zero-order valence-corrected chi connectivity index (χ0v) is 12.2. The van der Waals surface area contributed by atoms with Gasteiger partial charge in [-0.3, -0.25) is 0 Å². The third kappa shape index (κ3) is 5.75. The predicted octanol–water partition coefficient (Wildman–Crippen LogP) is -0.195. The SMILES string of the molecule is CN1CCC(CN(C)C(=O)NCCC(O)C(=O)O)CC1. The first-order chi connectivity index (χ1) is 9.40. The van der Waals surface area contributed by atoms with Gasteiger partial charge in [0.15, 0.2) is 6.10 Å². The summed E-state index contributed by atoms with van der Waals surface area (Å²) in [6.45, 7) is 2.99. The van der Waals surface area contributed by atoms with Gasteiger partial charge in [-0.05, 0) is 38.9 Å². The quantitative estimate of drug-likeness (QED) is 0.629. The monoisotopic (exact) mass is 287 g/mol. The van der Waals surface area contributed by atoms with Crippen molar-refractivity contribution in [3.8, 4) is 0 Å². The number of hydrogen-bond acceptors (Lipinski definition) is 4. The molecule has 1 aliphatic rings. The highest BCUT2D eigenvalue weighted by Gasteiger charge is 2.20. The maximum absolute atomic E-state index is 11.8. The van der Waals surface area contributed by atoms with Gasteiger partial charge >= 0.3 is 12.0 Å². The number of rotatable bonds is 6. The average molecular weight is 287 g/mol. The van der Waals surface area contributed by atoms with Crippen LogP contribution >= 0.6 is 0 Å². The summed E-state index contributed by atoms with van der Waals surface area (Å²) in [5.41, 5.74) is 0. The first-order valence-electron chi connectivity index (χ1n) is 6.98. The summed E-state index contributed by atoms with van der Waals surface area (Å²) in [5.74, 6) is -0.745. The molecule has 0 aromatic carbocycles. The Balaban J connectivity index is 2.20. The Morgan fingerprint density at radius 3 is 2.55 bits per heavy atom. The van der Waals surface area contributed by atoms with Crippen molar-refractivity contribution >= 4 is 12.0 Å². The first kappa shape index (κ1) is 16.7. The number of nitrogens with one attached hydrogen (secondary N) is 1. The maximum atomic E-state index is 11.8. The second kappa shape index (κ2) is 8.06. The van der Waals surface area contributed by atoms with Gasteiger partial charge in [-0.2, -0.15) is 0 Å². The van der Waals surface area contributed by atoms with Crippen LogP contribution in [-0.2, 0) is 4.79 Å². The van der Waals surface area contributed by atoms with Gasteiger partial charge in [-0.25, -0.2) is 9.59 Å². The smallest absolute Gasteiger partial charge is 0.332 e. The molecule has 1 rings (SSSR count). The Hall–Kier alpha value is -1.34. The Labute approximate surface area is 119 Å². The van der Waals surface area contributed by atoms with E-state index in [9.17, 15) is 9.59 Å². The number of amides is 2. The van der Waals surface area contributed by atoms with E-state index in [2.05, 4.69) is 17.3 Å². The molecule has 0 aliphatic carbocycles. The molecular formula is C13H25N3O4. The molecule has 3 N–H and O–H groups in total. The molecule has 0 aromatic heterocycles. The van der Waals surface area contributed by atoms with Crippen LogP contribution in [-0.4, -0.2) is 78.4 Å². The topological polar surface area (TPSA) is 93.1 Å². The van der Waals surface area contributed by atoms with Crippen molar-refractivity contribution in [3.63, 3.8) is 0 Å². The molecule has 1 saturated heterocycles. The molecule has 20 heavy (non-hydrogen) atoms. The van der Waals surface area contributed by atoms with E-state index >= 15 is 0 Å². The predicted molar refractivity (Wildman–Crippen MR) is 74.5 cm³/mol. The molecule has 0 bridgehead atoms. The zero-order chi connectivity index (χ0) is 15.1. The lowest BCUT2D eigenvalue weighted by Crippen LogP contribution is -2.43. The van der Waals surface area contributed by atoms with Gasteiger partial charge in [0, 0.05) is 26.6 Å². The summed E-state index contributed by atoms with van der Waals surface area (Å²) >= 11 is 0. The summed E-state index contributed by atoms with van der Waals surface area (Å²) in [6.07, 6.45) is 0.774. The van der Waals surface area contributed by atoms with E-state index in [0.29, 0.717) is 12.5 Å². The van der Waals surface area contributed by atoms with Crippen molar-refractivity contribution in [2.45, 2.75) is 25.4 Å². The number of likely N-dealkylation sites (tertiary alicyclic amines) is 1. The van der Waals surface area contributed by atoms with Crippen LogP contribution < -0.4 is 5.32 Å². The number of urea groups is 1. The molecular weight excluding hydrogens is 262 g/mol. The van der Waals surface area contributed by atoms with Gasteiger partial charge in [-0.1, -0.05) is 0 Å². The van der Waals surface area contributed by atoms with E-state index in [1.165, 1.54) is 0 Å². The molecule has 7 heteroatoms. The molecule has 1 fully saturated rings. The molecule has 0 radical (unpaired) electrons. The largest absolute Gasteiger partial charge is 0.479 e. The number of carboxylic acid groups (broad SMARTS) is 1. The Morgan fingerprint density at radius 2 is 2.00 bits per heavy atom. The Kier molecular flexibility index (Phi) is 6.74. The third-order valence-corrected chi connectivity index (χ3v) is 3.70. The van der Waals surface area contributed by atoms with Gasteiger partial charge in [0.2, 0.25) is 0 Å². The second-order valence-electron chi connectivity index (χ2n) is 5.50. The van der Waals surface area contributed by atoms with Crippen molar-refractivity contribution < 1.29 is 19.8 Å². The fourth-order valence-electron chi connectivity index (χ4n) is 2.29. The lowest BCUT2D eigenvalue weighted by atomic mass is 9.97. The summed E-state index contributed by atoms with van der Waals surface area (Å²) in [5, 5.41) is 20.2. The second-order valence-corrected chi connectivity index (χ2v) is 5.50. The lowest BCUT2D eigenvalue weighted by molar-refractivity contribution is -0.146. The van der Waals surface area contributed by atoms with E-state index in [4.69, 9.17) is 10.2 Å². The van der Waals surface area contributed by atoms with Crippen LogP contribution in [0.5, 0.6) is 0 Å². The number of hydrogen-bond donors (Lipinski definition) is 3. The van der Waals surface area contributed by atoms with Crippen LogP contribution in [0.3, 0.4) is 0 Å². The molecule has 0 saturated carbocycles.